The quantitative estimate of drug-likeness (QED) is 0.383. The summed E-state index contributed by atoms with van der Waals surface area (Å²) < 4.78 is 45.7. The van der Waals surface area contributed by atoms with E-state index in [4.69, 9.17) is 4.74 Å². The van der Waals surface area contributed by atoms with E-state index in [1.54, 1.807) is 0 Å². The highest BCUT2D eigenvalue weighted by atomic mass is 32.2. The van der Waals surface area contributed by atoms with Gasteiger partial charge < -0.3 is 4.74 Å². The van der Waals surface area contributed by atoms with Crippen LogP contribution in [0.3, 0.4) is 0 Å². The lowest BCUT2D eigenvalue weighted by Crippen LogP contribution is -2.46. The van der Waals surface area contributed by atoms with Crippen molar-refractivity contribution in [2.24, 2.45) is 0 Å². The molecule has 1 heterocycles. The van der Waals surface area contributed by atoms with E-state index in [1.807, 2.05) is 0 Å². The van der Waals surface area contributed by atoms with Gasteiger partial charge >= 0.3 is 5.97 Å². The third kappa shape index (κ3) is 4.08. The lowest BCUT2D eigenvalue weighted by atomic mass is 10.2. The van der Waals surface area contributed by atoms with Crippen molar-refractivity contribution >= 4 is 33.5 Å². The van der Waals surface area contributed by atoms with E-state index in [9.17, 15) is 27.2 Å². The summed E-state index contributed by atoms with van der Waals surface area (Å²) >= 11 is 0. The molecule has 162 valence electrons. The third-order valence-electron chi connectivity index (χ3n) is 5.08. The Morgan fingerprint density at radius 2 is 1.68 bits per heavy atom. The highest BCUT2D eigenvalue weighted by Crippen LogP contribution is 2.38. The highest BCUT2D eigenvalue weighted by molar-refractivity contribution is 7.89. The predicted octanol–water partition coefficient (Wildman–Crippen LogP) is 2.24. The molecule has 1 saturated heterocycles. The van der Waals surface area contributed by atoms with E-state index >= 15 is 0 Å². The Morgan fingerprint density at radius 1 is 1.06 bits per heavy atom. The molecule has 2 amide bonds. The number of hydrogen-bond donors (Lipinski definition) is 0. The second-order valence-electron chi connectivity index (χ2n) is 7.39. The van der Waals surface area contributed by atoms with Gasteiger partial charge in [-0.05, 0) is 61.4 Å². The van der Waals surface area contributed by atoms with Crippen molar-refractivity contribution in [1.82, 2.24) is 4.31 Å². The first-order chi connectivity index (χ1) is 14.7. The van der Waals surface area contributed by atoms with Crippen molar-refractivity contribution in [2.45, 2.75) is 43.2 Å². The number of halogens is 1. The van der Waals surface area contributed by atoms with Crippen LogP contribution in [0.1, 0.15) is 26.2 Å². The minimum Gasteiger partial charge on any atom is -0.427 e. The number of sulfonamides is 1. The summed E-state index contributed by atoms with van der Waals surface area (Å²) in [4.78, 5) is 37.7. The van der Waals surface area contributed by atoms with E-state index in [1.165, 1.54) is 31.2 Å². The lowest BCUT2D eigenvalue weighted by Gasteiger charge is -2.26. The maximum absolute atomic E-state index is 13.3. The van der Waals surface area contributed by atoms with Gasteiger partial charge in [-0.1, -0.05) is 0 Å². The number of nitrogens with zero attached hydrogens (tertiary/aromatic N) is 2. The third-order valence-corrected chi connectivity index (χ3v) is 7.06. The van der Waals surface area contributed by atoms with Gasteiger partial charge in [-0.2, -0.15) is 4.31 Å². The summed E-state index contributed by atoms with van der Waals surface area (Å²) in [6, 6.07) is 8.59. The summed E-state index contributed by atoms with van der Waals surface area (Å²) in [5.41, 5.74) is 0.253. The van der Waals surface area contributed by atoms with E-state index in [2.05, 4.69) is 0 Å². The monoisotopic (exact) mass is 446 g/mol. The summed E-state index contributed by atoms with van der Waals surface area (Å²) in [5, 5.41) is 0. The summed E-state index contributed by atoms with van der Waals surface area (Å²) in [5.74, 6) is -2.01. The van der Waals surface area contributed by atoms with Gasteiger partial charge in [-0.15, -0.1) is 0 Å². The molecule has 2 aromatic carbocycles. The van der Waals surface area contributed by atoms with E-state index < -0.39 is 39.7 Å². The number of esters is 1. The van der Waals surface area contributed by atoms with Crippen LogP contribution in [0.15, 0.2) is 53.4 Å². The molecule has 1 aliphatic carbocycles. The number of benzene rings is 2. The number of amides is 2. The minimum atomic E-state index is -4.11. The SMILES string of the molecule is CC(=O)Oc1ccc(N2C(=O)CC(N(C3CC3)S(=O)(=O)c3ccc(F)cc3)C2=O)cc1. The fraction of sp³-hybridized carbons (Fsp3) is 0.286. The van der Waals surface area contributed by atoms with Gasteiger partial charge in [0.1, 0.15) is 17.6 Å². The maximum Gasteiger partial charge on any atom is 0.308 e. The zero-order valence-corrected chi connectivity index (χ0v) is 17.3. The molecule has 0 aromatic heterocycles. The predicted molar refractivity (Wildman–Crippen MR) is 107 cm³/mol. The molecule has 0 bridgehead atoms. The fourth-order valence-corrected chi connectivity index (χ4v) is 5.42. The van der Waals surface area contributed by atoms with Gasteiger partial charge in [0.15, 0.2) is 0 Å². The second-order valence-corrected chi connectivity index (χ2v) is 9.24. The Bertz CT molecular complexity index is 1140. The summed E-state index contributed by atoms with van der Waals surface area (Å²) in [6.45, 7) is 1.25. The summed E-state index contributed by atoms with van der Waals surface area (Å²) in [7, 11) is -4.11. The molecule has 2 aromatic rings. The standard InChI is InChI=1S/C21H19FN2O6S/c1-13(25)30-17-8-6-15(7-9-17)23-20(26)12-19(21(23)27)24(16-4-5-16)31(28,29)18-10-2-14(22)3-11-18/h2-3,6-11,16,19H,4-5,12H2,1H3. The summed E-state index contributed by atoms with van der Waals surface area (Å²) in [6.07, 6.45) is 0.867. The number of anilines is 1. The number of rotatable bonds is 6. The molecule has 1 atom stereocenters. The number of imide groups is 1. The van der Waals surface area contributed by atoms with Crippen molar-refractivity contribution in [3.63, 3.8) is 0 Å². The van der Waals surface area contributed by atoms with Crippen LogP contribution in [0, 0.1) is 5.82 Å². The van der Waals surface area contributed by atoms with E-state index in [0.717, 1.165) is 33.5 Å². The van der Waals surface area contributed by atoms with Crippen molar-refractivity contribution in [2.75, 3.05) is 4.90 Å². The average molecular weight is 446 g/mol. The molecule has 10 heteroatoms. The Hall–Kier alpha value is -3.11. The topological polar surface area (TPSA) is 101 Å². The van der Waals surface area contributed by atoms with Crippen LogP contribution in [-0.4, -0.2) is 42.6 Å². The Morgan fingerprint density at radius 3 is 2.23 bits per heavy atom. The molecule has 1 aliphatic heterocycles. The first kappa shape index (κ1) is 21.1. The van der Waals surface area contributed by atoms with Gasteiger partial charge in [-0.3, -0.25) is 14.4 Å². The molecule has 8 nitrogen and oxygen atoms in total. The molecular weight excluding hydrogens is 427 g/mol. The van der Waals surface area contributed by atoms with Crippen molar-refractivity contribution in [1.29, 1.82) is 0 Å². The van der Waals surface area contributed by atoms with Gasteiger partial charge in [0, 0.05) is 13.0 Å². The Balaban J connectivity index is 1.63. The van der Waals surface area contributed by atoms with Gasteiger partial charge in [0.05, 0.1) is 17.0 Å². The molecule has 2 fully saturated rings. The second kappa shape index (κ2) is 7.86. The van der Waals surface area contributed by atoms with Crippen molar-refractivity contribution < 1.29 is 31.9 Å². The number of hydrogen-bond acceptors (Lipinski definition) is 6. The molecule has 0 spiro atoms. The van der Waals surface area contributed by atoms with Crippen LogP contribution in [0.25, 0.3) is 0 Å². The Kier molecular flexibility index (Phi) is 5.36. The van der Waals surface area contributed by atoms with E-state index in [0.29, 0.717) is 12.8 Å². The highest BCUT2D eigenvalue weighted by Gasteiger charge is 2.51. The lowest BCUT2D eigenvalue weighted by molar-refractivity contribution is -0.132. The van der Waals surface area contributed by atoms with Crippen LogP contribution >= 0.6 is 0 Å². The fourth-order valence-electron chi connectivity index (χ4n) is 3.59. The number of ether oxygens (including phenoxy) is 1. The van der Waals surface area contributed by atoms with Crippen LogP contribution in [0.2, 0.25) is 0 Å². The van der Waals surface area contributed by atoms with Crippen LogP contribution in [-0.2, 0) is 24.4 Å². The smallest absolute Gasteiger partial charge is 0.308 e. The van der Waals surface area contributed by atoms with Gasteiger partial charge in [-0.25, -0.2) is 17.7 Å². The molecule has 2 aliphatic rings. The number of carbonyl (C=O) groups is 3. The molecule has 0 radical (unpaired) electrons. The number of carbonyl (C=O) groups excluding carboxylic acids is 3. The molecule has 1 saturated carbocycles. The average Bonchev–Trinajstić information content (AvgIpc) is 3.49. The largest absolute Gasteiger partial charge is 0.427 e. The zero-order valence-electron chi connectivity index (χ0n) is 16.5. The molecule has 31 heavy (non-hydrogen) atoms. The zero-order chi connectivity index (χ0) is 22.3. The van der Waals surface area contributed by atoms with Crippen molar-refractivity contribution in [3.8, 4) is 5.75 Å². The minimum absolute atomic E-state index is 0.134. The van der Waals surface area contributed by atoms with Gasteiger partial charge in [0.25, 0.3) is 5.91 Å². The molecule has 0 N–H and O–H groups in total. The van der Waals surface area contributed by atoms with Crippen LogP contribution in [0.4, 0.5) is 10.1 Å². The Labute approximate surface area is 178 Å². The molecule has 1 unspecified atom stereocenters. The van der Waals surface area contributed by atoms with E-state index in [-0.39, 0.29) is 28.8 Å². The van der Waals surface area contributed by atoms with Crippen LogP contribution < -0.4 is 9.64 Å². The first-order valence-electron chi connectivity index (χ1n) is 9.63. The van der Waals surface area contributed by atoms with Crippen LogP contribution in [0.5, 0.6) is 5.75 Å². The van der Waals surface area contributed by atoms with Crippen molar-refractivity contribution in [3.05, 3.63) is 54.3 Å². The molecule has 4 rings (SSSR count). The van der Waals surface area contributed by atoms with Gasteiger partial charge in [0.2, 0.25) is 15.9 Å². The molecular formula is C21H19FN2O6S. The normalized spacial score (nSPS) is 19.2. The first-order valence-corrected chi connectivity index (χ1v) is 11.1. The maximum atomic E-state index is 13.3.